The molecule has 2 amide bonds. The van der Waals surface area contributed by atoms with Crippen LogP contribution in [0.4, 0.5) is 15.9 Å². The lowest BCUT2D eigenvalue weighted by atomic mass is 10.0. The lowest BCUT2D eigenvalue weighted by molar-refractivity contribution is -0.115. The van der Waals surface area contributed by atoms with E-state index in [9.17, 15) is 14.0 Å². The van der Waals surface area contributed by atoms with Crippen LogP contribution >= 0.6 is 0 Å². The van der Waals surface area contributed by atoms with Gasteiger partial charge in [-0.15, -0.1) is 0 Å². The number of nitrogens with zero attached hydrogens (tertiary/aromatic N) is 4. The first kappa shape index (κ1) is 27.1. The molecule has 6 rings (SSSR count). The Hall–Kier alpha value is -5.12. The van der Waals surface area contributed by atoms with Gasteiger partial charge in [0.05, 0.1) is 11.9 Å². The number of aromatic nitrogens is 2. The van der Waals surface area contributed by atoms with Gasteiger partial charge < -0.3 is 21.7 Å². The molecule has 10 heteroatoms. The van der Waals surface area contributed by atoms with Crippen molar-refractivity contribution < 1.29 is 14.0 Å². The van der Waals surface area contributed by atoms with Crippen molar-refractivity contribution in [1.82, 2.24) is 14.9 Å². The van der Waals surface area contributed by atoms with E-state index < -0.39 is 11.7 Å². The van der Waals surface area contributed by atoms with E-state index >= 15 is 0 Å². The Morgan fingerprint density at radius 2 is 1.79 bits per heavy atom. The minimum atomic E-state index is -0.453. The summed E-state index contributed by atoms with van der Waals surface area (Å²) in [5.74, 6) is -0.343. The average Bonchev–Trinajstić information content (AvgIpc) is 3.60. The maximum absolute atomic E-state index is 13.3. The zero-order valence-electron chi connectivity index (χ0n) is 22.9. The second-order valence-electron chi connectivity index (χ2n) is 11.0. The molecule has 0 unspecified atom stereocenters. The fourth-order valence-corrected chi connectivity index (χ4v) is 5.35. The number of benzene rings is 3. The molecule has 5 N–H and O–H groups in total. The maximum Gasteiger partial charge on any atom is 0.253 e. The molecule has 0 bridgehead atoms. The lowest BCUT2D eigenvalue weighted by Crippen LogP contribution is -2.28. The van der Waals surface area contributed by atoms with Crippen LogP contribution in [0.25, 0.3) is 22.0 Å². The maximum atomic E-state index is 13.3. The highest BCUT2D eigenvalue weighted by Crippen LogP contribution is 2.52. The number of hydrogen-bond donors (Lipinski definition) is 3. The Morgan fingerprint density at radius 1 is 1.00 bits per heavy atom. The molecule has 0 atom stereocenters. The van der Waals surface area contributed by atoms with E-state index in [0.29, 0.717) is 33.4 Å². The van der Waals surface area contributed by atoms with Crippen LogP contribution in [0, 0.1) is 11.2 Å². The van der Waals surface area contributed by atoms with Crippen molar-refractivity contribution in [3.63, 3.8) is 0 Å². The van der Waals surface area contributed by atoms with Gasteiger partial charge in [-0.1, -0.05) is 24.3 Å². The zero-order chi connectivity index (χ0) is 29.3. The summed E-state index contributed by atoms with van der Waals surface area (Å²) in [5.41, 5.74) is 16.3. The molecule has 212 valence electrons. The molecular weight excluding hydrogens is 533 g/mol. The summed E-state index contributed by atoms with van der Waals surface area (Å²) >= 11 is 0. The van der Waals surface area contributed by atoms with E-state index in [0.717, 1.165) is 30.6 Å². The third-order valence-corrected chi connectivity index (χ3v) is 7.80. The normalized spacial score (nSPS) is 16.2. The first-order chi connectivity index (χ1) is 20.3. The zero-order valence-corrected chi connectivity index (χ0v) is 22.9. The monoisotopic (exact) mass is 563 g/mol. The number of amidine groups is 1. The minimum Gasteiger partial charge on any atom is -0.402 e. The third-order valence-electron chi connectivity index (χ3n) is 7.80. The summed E-state index contributed by atoms with van der Waals surface area (Å²) in [6.45, 7) is 1.72. The molecule has 0 radical (unpaired) electrons. The van der Waals surface area contributed by atoms with Crippen molar-refractivity contribution in [2.75, 3.05) is 18.4 Å². The molecule has 2 fully saturated rings. The fraction of sp³-hybridized carbons (Fsp3) is 0.219. The number of rotatable bonds is 7. The van der Waals surface area contributed by atoms with Crippen LogP contribution in [0.3, 0.4) is 0 Å². The van der Waals surface area contributed by atoms with Gasteiger partial charge in [-0.25, -0.2) is 19.4 Å². The van der Waals surface area contributed by atoms with Crippen LogP contribution in [0.2, 0.25) is 0 Å². The predicted molar refractivity (Wildman–Crippen MR) is 160 cm³/mol. The number of carbonyl (C=O) groups excluding carboxylic acids is 2. The van der Waals surface area contributed by atoms with Crippen molar-refractivity contribution in [1.29, 1.82) is 0 Å². The summed E-state index contributed by atoms with van der Waals surface area (Å²) < 4.78 is 13.3. The number of carbonyl (C=O) groups is 2. The van der Waals surface area contributed by atoms with Gasteiger partial charge in [-0.05, 0) is 84.3 Å². The first-order valence-corrected chi connectivity index (χ1v) is 13.8. The Kier molecular flexibility index (Phi) is 7.12. The third kappa shape index (κ3) is 5.97. The van der Waals surface area contributed by atoms with Gasteiger partial charge in [0.2, 0.25) is 5.91 Å². The molecule has 4 aromatic rings. The van der Waals surface area contributed by atoms with E-state index in [1.54, 1.807) is 6.07 Å². The van der Waals surface area contributed by atoms with Gasteiger partial charge in [0, 0.05) is 35.4 Å². The highest BCUT2D eigenvalue weighted by atomic mass is 19.1. The molecule has 2 heterocycles. The molecule has 3 aromatic carbocycles. The molecule has 9 nitrogen and oxygen atoms in total. The molecule has 1 aliphatic carbocycles. The Bertz CT molecular complexity index is 1750. The van der Waals surface area contributed by atoms with E-state index in [2.05, 4.69) is 20.3 Å². The van der Waals surface area contributed by atoms with Crippen LogP contribution < -0.4 is 16.8 Å². The van der Waals surface area contributed by atoms with Gasteiger partial charge in [-0.3, -0.25) is 9.59 Å². The average molecular weight is 564 g/mol. The van der Waals surface area contributed by atoms with Crippen molar-refractivity contribution in [2.24, 2.45) is 21.9 Å². The Labute approximate surface area is 242 Å². The Balaban J connectivity index is 1.14. The molecular formula is C32H30FN7O2. The Morgan fingerprint density at radius 3 is 2.52 bits per heavy atom. The number of likely N-dealkylation sites (tertiary alicyclic amines) is 1. The summed E-state index contributed by atoms with van der Waals surface area (Å²) in [7, 11) is 0. The molecule has 1 saturated heterocycles. The SMILES string of the molecule is NC(/C=C(\N)CC(=O)Nc1cccc(F)c1)=Nc1ncnc2cc(-c3ccc(C(=O)N4CCC5(CC5)C4)cc3)ccc12. The van der Waals surface area contributed by atoms with E-state index in [1.807, 2.05) is 47.4 Å². The number of nitrogens with two attached hydrogens (primary N) is 2. The van der Waals surface area contributed by atoms with Crippen LogP contribution in [0.5, 0.6) is 0 Å². The van der Waals surface area contributed by atoms with Crippen LogP contribution in [0.15, 0.2) is 89.8 Å². The predicted octanol–water partition coefficient (Wildman–Crippen LogP) is 4.92. The number of hydrogen-bond acceptors (Lipinski definition) is 6. The van der Waals surface area contributed by atoms with Gasteiger partial charge in [0.1, 0.15) is 18.0 Å². The number of fused-ring (bicyclic) bond motifs is 1. The smallest absolute Gasteiger partial charge is 0.253 e. The number of halogens is 1. The van der Waals surface area contributed by atoms with Crippen LogP contribution in [0.1, 0.15) is 36.0 Å². The molecule has 1 aromatic heterocycles. The van der Waals surface area contributed by atoms with Crippen molar-refractivity contribution in [3.8, 4) is 11.1 Å². The summed E-state index contributed by atoms with van der Waals surface area (Å²) in [4.78, 5) is 40.2. The number of nitrogens with one attached hydrogen (secondary N) is 1. The molecule has 1 saturated carbocycles. The van der Waals surface area contributed by atoms with Crippen molar-refractivity contribution in [2.45, 2.75) is 25.7 Å². The standard InChI is InChI=1S/C32H30FN7O2/c33-23-2-1-3-25(15-23)38-29(41)17-24(34)16-28(35)39-30-26-9-8-22(14-27(26)36-19-37-30)20-4-6-21(7-5-20)31(42)40-13-12-32(18-40)10-11-32/h1-9,14-16,19H,10-13,17-18,34H2,(H,38,41)(H2,35,36,37,39)/b24-16-. The van der Waals surface area contributed by atoms with Gasteiger partial charge in [0.15, 0.2) is 5.82 Å². The van der Waals surface area contributed by atoms with E-state index in [-0.39, 0.29) is 23.9 Å². The van der Waals surface area contributed by atoms with Gasteiger partial charge in [-0.2, -0.15) is 0 Å². The van der Waals surface area contributed by atoms with E-state index in [1.165, 1.54) is 43.4 Å². The highest BCUT2D eigenvalue weighted by Gasteiger charge is 2.48. The summed E-state index contributed by atoms with van der Waals surface area (Å²) in [5, 5.41) is 3.28. The number of aliphatic imine (C=N–C) groups is 1. The van der Waals surface area contributed by atoms with Gasteiger partial charge in [0.25, 0.3) is 5.91 Å². The quantitative estimate of drug-likeness (QED) is 0.215. The van der Waals surface area contributed by atoms with E-state index in [4.69, 9.17) is 11.5 Å². The molecule has 2 aliphatic rings. The molecule has 1 aliphatic heterocycles. The largest absolute Gasteiger partial charge is 0.402 e. The lowest BCUT2D eigenvalue weighted by Gasteiger charge is -2.16. The fourth-order valence-electron chi connectivity index (χ4n) is 5.35. The highest BCUT2D eigenvalue weighted by molar-refractivity contribution is 5.99. The summed E-state index contributed by atoms with van der Waals surface area (Å²) in [6.07, 6.45) is 6.24. The topological polar surface area (TPSA) is 140 Å². The van der Waals surface area contributed by atoms with Crippen molar-refractivity contribution in [3.05, 3.63) is 96.2 Å². The minimum absolute atomic E-state index is 0.0704. The number of anilines is 1. The summed E-state index contributed by atoms with van der Waals surface area (Å²) in [6, 6.07) is 19.0. The second-order valence-corrected chi connectivity index (χ2v) is 11.0. The molecule has 1 spiro atoms. The van der Waals surface area contributed by atoms with Gasteiger partial charge >= 0.3 is 0 Å². The molecule has 42 heavy (non-hydrogen) atoms. The number of amides is 2. The van der Waals surface area contributed by atoms with Crippen LogP contribution in [-0.4, -0.2) is 45.6 Å². The van der Waals surface area contributed by atoms with Crippen LogP contribution in [-0.2, 0) is 4.79 Å². The second kappa shape index (κ2) is 11.0. The first-order valence-electron chi connectivity index (χ1n) is 13.8. The van der Waals surface area contributed by atoms with Crippen molar-refractivity contribution >= 4 is 40.1 Å².